The zero-order valence-electron chi connectivity index (χ0n) is 23.7. The van der Waals surface area contributed by atoms with Gasteiger partial charge in [0.2, 0.25) is 11.8 Å². The van der Waals surface area contributed by atoms with E-state index in [2.05, 4.69) is 6.92 Å². The van der Waals surface area contributed by atoms with Crippen molar-refractivity contribution in [3.05, 3.63) is 38.0 Å². The van der Waals surface area contributed by atoms with E-state index in [0.29, 0.717) is 18.0 Å². The second kappa shape index (κ2) is 11.9. The van der Waals surface area contributed by atoms with Crippen LogP contribution in [0.15, 0.2) is 19.7 Å². The predicted octanol–water partition coefficient (Wildman–Crippen LogP) is 5.28. The highest BCUT2D eigenvalue weighted by molar-refractivity contribution is 7.14. The van der Waals surface area contributed by atoms with Crippen LogP contribution in [-0.4, -0.2) is 42.8 Å². The van der Waals surface area contributed by atoms with E-state index >= 15 is 0 Å². The van der Waals surface area contributed by atoms with Crippen molar-refractivity contribution < 1.29 is 28.0 Å². The van der Waals surface area contributed by atoms with Crippen LogP contribution in [0.5, 0.6) is 0 Å². The number of anilines is 1. The van der Waals surface area contributed by atoms with Crippen LogP contribution in [0.25, 0.3) is 0 Å². The van der Waals surface area contributed by atoms with E-state index in [1.54, 1.807) is 25.9 Å². The molecule has 9 nitrogen and oxygen atoms in total. The maximum Gasteiger partial charge on any atom is 0.519 e. The monoisotopic (exact) mass is 548 g/mol. The standard InChI is InChI=1S/C28H40N2O7S/c1-9-19(25(32)29(7)8)30(24(31)18-12-10-16(2)11-13-18)20-14-22(28(4,5)6)38-23(20)26(33)35-15-21-17(3)36-27(34)37-21/h14,16,18-19H,9-13,15H2,1-8H3/t16?,18?,19-/m0/s1. The second-order valence-electron chi connectivity index (χ2n) is 11.4. The minimum absolute atomic E-state index is 0.121. The summed E-state index contributed by atoms with van der Waals surface area (Å²) in [6.07, 6.45) is 3.78. The highest BCUT2D eigenvalue weighted by Crippen LogP contribution is 2.41. The fourth-order valence-electron chi connectivity index (χ4n) is 4.69. The summed E-state index contributed by atoms with van der Waals surface area (Å²) in [6.45, 7) is 11.4. The Hall–Kier alpha value is -2.88. The van der Waals surface area contributed by atoms with E-state index < -0.39 is 17.8 Å². The molecule has 3 rings (SSSR count). The molecule has 1 aliphatic carbocycles. The number of carbonyl (C=O) groups excluding carboxylic acids is 3. The maximum absolute atomic E-state index is 14.1. The first-order valence-electron chi connectivity index (χ1n) is 13.2. The predicted molar refractivity (Wildman–Crippen MR) is 146 cm³/mol. The van der Waals surface area contributed by atoms with E-state index in [1.165, 1.54) is 16.2 Å². The minimum atomic E-state index is -0.869. The Bertz CT molecular complexity index is 1210. The van der Waals surface area contributed by atoms with E-state index in [4.69, 9.17) is 13.6 Å². The third-order valence-corrected chi connectivity index (χ3v) is 8.62. The number of nitrogens with zero attached hydrogens (tertiary/aromatic N) is 2. The molecule has 2 heterocycles. The van der Waals surface area contributed by atoms with E-state index in [-0.39, 0.29) is 46.2 Å². The quantitative estimate of drug-likeness (QED) is 0.413. The van der Waals surface area contributed by atoms with Gasteiger partial charge in [-0.1, -0.05) is 34.6 Å². The van der Waals surface area contributed by atoms with Crippen molar-refractivity contribution in [2.24, 2.45) is 11.8 Å². The summed E-state index contributed by atoms with van der Waals surface area (Å²) in [5, 5.41) is 0. The van der Waals surface area contributed by atoms with Gasteiger partial charge in [0, 0.05) is 24.9 Å². The molecule has 38 heavy (non-hydrogen) atoms. The lowest BCUT2D eigenvalue weighted by molar-refractivity contribution is -0.133. The van der Waals surface area contributed by atoms with Crippen LogP contribution in [-0.2, 0) is 26.3 Å². The summed E-state index contributed by atoms with van der Waals surface area (Å²) in [5.74, 6) is -1.18. The SMILES string of the molecule is CC[C@@H](C(=O)N(C)C)N(C(=O)C1CCC(C)CC1)c1cc(C(C)(C)C)sc1C(=O)OCc1oc(=O)oc1C. The van der Waals surface area contributed by atoms with Gasteiger partial charge in [-0.3, -0.25) is 14.5 Å². The van der Waals surface area contributed by atoms with Gasteiger partial charge in [0.25, 0.3) is 0 Å². The van der Waals surface area contributed by atoms with Crippen LogP contribution in [0, 0.1) is 18.8 Å². The zero-order chi connectivity index (χ0) is 28.4. The van der Waals surface area contributed by atoms with Gasteiger partial charge in [-0.25, -0.2) is 9.59 Å². The van der Waals surface area contributed by atoms with Crippen molar-refractivity contribution >= 4 is 34.8 Å². The van der Waals surface area contributed by atoms with Gasteiger partial charge in [0.1, 0.15) is 10.9 Å². The van der Waals surface area contributed by atoms with Crippen molar-refractivity contribution in [1.82, 2.24) is 4.90 Å². The summed E-state index contributed by atoms with van der Waals surface area (Å²) in [4.78, 5) is 56.5. The normalized spacial score (nSPS) is 18.6. The molecule has 1 saturated carbocycles. The highest BCUT2D eigenvalue weighted by atomic mass is 32.1. The van der Waals surface area contributed by atoms with Crippen LogP contribution in [0.2, 0.25) is 0 Å². The van der Waals surface area contributed by atoms with Gasteiger partial charge in [-0.05, 0) is 56.4 Å². The lowest BCUT2D eigenvalue weighted by Crippen LogP contribution is -2.51. The Balaban J connectivity index is 2.08. The molecule has 0 unspecified atom stereocenters. The molecule has 0 aliphatic heterocycles. The van der Waals surface area contributed by atoms with Gasteiger partial charge in [0.05, 0.1) is 5.69 Å². The molecular formula is C28H40N2O7S. The van der Waals surface area contributed by atoms with Crippen molar-refractivity contribution in [2.75, 3.05) is 19.0 Å². The number of thiophene rings is 1. The Labute approximate surface area is 228 Å². The second-order valence-corrected chi connectivity index (χ2v) is 12.5. The summed E-state index contributed by atoms with van der Waals surface area (Å²) in [6, 6.07) is 1.08. The first-order valence-corrected chi connectivity index (χ1v) is 14.0. The lowest BCUT2D eigenvalue weighted by atomic mass is 9.82. The van der Waals surface area contributed by atoms with E-state index in [9.17, 15) is 19.2 Å². The average molecular weight is 549 g/mol. The number of rotatable bonds is 8. The number of ether oxygens (including phenoxy) is 1. The maximum atomic E-state index is 14.1. The Morgan fingerprint density at radius 2 is 1.76 bits per heavy atom. The third kappa shape index (κ3) is 6.57. The molecule has 0 N–H and O–H groups in total. The van der Waals surface area contributed by atoms with Crippen LogP contribution < -0.4 is 10.7 Å². The Morgan fingerprint density at radius 3 is 2.26 bits per heavy atom. The molecule has 1 aliphatic rings. The number of likely N-dealkylation sites (N-methyl/N-ethyl adjacent to an activating group) is 1. The fourth-order valence-corrected chi connectivity index (χ4v) is 5.79. The smallest absolute Gasteiger partial charge is 0.453 e. The van der Waals surface area contributed by atoms with Gasteiger partial charge in [-0.15, -0.1) is 11.3 Å². The van der Waals surface area contributed by atoms with Crippen LogP contribution >= 0.6 is 11.3 Å². The summed E-state index contributed by atoms with van der Waals surface area (Å²) >= 11 is 1.25. The molecule has 2 amide bonds. The van der Waals surface area contributed by atoms with Crippen molar-refractivity contribution in [2.45, 2.75) is 91.7 Å². The first kappa shape index (κ1) is 29.7. The topological polar surface area (TPSA) is 110 Å². The van der Waals surface area contributed by atoms with Crippen LogP contribution in [0.3, 0.4) is 0 Å². The van der Waals surface area contributed by atoms with Gasteiger partial charge >= 0.3 is 11.8 Å². The highest BCUT2D eigenvalue weighted by Gasteiger charge is 2.39. The number of esters is 1. The molecule has 10 heteroatoms. The summed E-state index contributed by atoms with van der Waals surface area (Å²) in [7, 11) is 3.33. The van der Waals surface area contributed by atoms with Crippen molar-refractivity contribution in [3.8, 4) is 0 Å². The molecule has 2 aromatic heterocycles. The number of hydrogen-bond acceptors (Lipinski definition) is 8. The molecule has 0 saturated heterocycles. The summed E-state index contributed by atoms with van der Waals surface area (Å²) < 4.78 is 15.4. The van der Waals surface area contributed by atoms with Gasteiger partial charge in [0.15, 0.2) is 18.1 Å². The minimum Gasteiger partial charge on any atom is -0.453 e. The molecule has 1 fully saturated rings. The van der Waals surface area contributed by atoms with E-state index in [0.717, 1.165) is 30.6 Å². The Morgan fingerprint density at radius 1 is 1.13 bits per heavy atom. The fraction of sp³-hybridized carbons (Fsp3) is 0.643. The van der Waals surface area contributed by atoms with Crippen molar-refractivity contribution in [3.63, 3.8) is 0 Å². The summed E-state index contributed by atoms with van der Waals surface area (Å²) in [5.41, 5.74) is 0.0784. The molecular weight excluding hydrogens is 508 g/mol. The molecule has 0 bridgehead atoms. The van der Waals surface area contributed by atoms with E-state index in [1.807, 2.05) is 33.8 Å². The number of amides is 2. The molecule has 210 valence electrons. The average Bonchev–Trinajstić information content (AvgIpc) is 3.43. The number of hydrogen-bond donors (Lipinski definition) is 0. The Kier molecular flexibility index (Phi) is 9.28. The lowest BCUT2D eigenvalue weighted by Gasteiger charge is -2.36. The van der Waals surface area contributed by atoms with Crippen molar-refractivity contribution in [1.29, 1.82) is 0 Å². The van der Waals surface area contributed by atoms with Crippen LogP contribution in [0.1, 0.15) is 92.8 Å². The van der Waals surface area contributed by atoms with Gasteiger partial charge < -0.3 is 18.5 Å². The largest absolute Gasteiger partial charge is 0.519 e. The molecule has 0 radical (unpaired) electrons. The van der Waals surface area contributed by atoms with Crippen LogP contribution in [0.4, 0.5) is 5.69 Å². The van der Waals surface area contributed by atoms with Gasteiger partial charge in [-0.2, -0.15) is 0 Å². The molecule has 0 spiro atoms. The molecule has 1 atom stereocenters. The first-order chi connectivity index (χ1) is 17.7. The number of carbonyl (C=O) groups is 3. The molecule has 0 aromatic carbocycles. The molecule has 2 aromatic rings. The zero-order valence-corrected chi connectivity index (χ0v) is 24.5. The third-order valence-electron chi connectivity index (χ3n) is 7.09. The number of aryl methyl sites for hydroxylation is 1.